The van der Waals surface area contributed by atoms with E-state index in [1.165, 1.54) is 28.7 Å². The van der Waals surface area contributed by atoms with Crippen LogP contribution >= 0.6 is 0 Å². The number of ether oxygens (including phenoxy) is 2. The quantitative estimate of drug-likeness (QED) is 0.536. The van der Waals surface area contributed by atoms with Crippen LogP contribution in [0.15, 0.2) is 42.5 Å². The van der Waals surface area contributed by atoms with Gasteiger partial charge in [-0.05, 0) is 6.07 Å². The molecule has 2 aromatic rings. The van der Waals surface area contributed by atoms with Crippen molar-refractivity contribution in [2.24, 2.45) is 0 Å². The standard InChI is InChI=1S/C22H24NO2.Y/c1-2-7-18(6-1)20-9-3-5-17(15-20)16-23-12-14-24-21-10-4-8-19-11-13-25-22(19)21;/h3-5,8-10,15,23H,1-2,6,11-14,16H2;/q-1;. The number of rotatable bonds is 7. The minimum atomic E-state index is 0. The molecule has 0 aromatic heterocycles. The normalized spacial score (nSPS) is 15.0. The second kappa shape index (κ2) is 9.68. The largest absolute Gasteiger partial charge is 0.489 e. The number of fused-ring (bicyclic) bond motifs is 1. The van der Waals surface area contributed by atoms with Crippen LogP contribution in [0.1, 0.15) is 36.0 Å². The Morgan fingerprint density at radius 1 is 1.12 bits per heavy atom. The number of para-hydroxylation sites is 1. The summed E-state index contributed by atoms with van der Waals surface area (Å²) in [6, 6.07) is 14.9. The first kappa shape index (κ1) is 19.6. The maximum Gasteiger partial charge on any atom is 0.164 e. The Labute approximate surface area is 181 Å². The van der Waals surface area contributed by atoms with Gasteiger partial charge >= 0.3 is 0 Å². The Morgan fingerprint density at radius 3 is 2.92 bits per heavy atom. The zero-order valence-corrected chi connectivity index (χ0v) is 17.9. The fraction of sp³-hybridized carbons (Fsp3) is 0.364. The fourth-order valence-electron chi connectivity index (χ4n) is 3.47. The van der Waals surface area contributed by atoms with E-state index in [4.69, 9.17) is 9.47 Å². The van der Waals surface area contributed by atoms with Crippen LogP contribution in [0, 0.1) is 6.08 Å². The summed E-state index contributed by atoms with van der Waals surface area (Å²) in [5, 5.41) is 3.46. The molecule has 0 bridgehead atoms. The smallest absolute Gasteiger partial charge is 0.164 e. The second-order valence-corrected chi connectivity index (χ2v) is 6.58. The maximum atomic E-state index is 5.89. The number of benzene rings is 2. The van der Waals surface area contributed by atoms with E-state index in [-0.39, 0.29) is 32.7 Å². The third-order valence-corrected chi connectivity index (χ3v) is 4.76. The van der Waals surface area contributed by atoms with Gasteiger partial charge in [-0.2, -0.15) is 5.56 Å². The van der Waals surface area contributed by atoms with Crippen LogP contribution in [0.25, 0.3) is 5.57 Å². The summed E-state index contributed by atoms with van der Waals surface area (Å²) in [4.78, 5) is 0. The van der Waals surface area contributed by atoms with Gasteiger partial charge < -0.3 is 14.8 Å². The van der Waals surface area contributed by atoms with Crippen LogP contribution in [0.2, 0.25) is 0 Å². The van der Waals surface area contributed by atoms with Gasteiger partial charge in [0.2, 0.25) is 0 Å². The first-order valence-electron chi connectivity index (χ1n) is 9.17. The molecular formula is C22H24NO2Y-. The van der Waals surface area contributed by atoms with Crippen LogP contribution in [0.3, 0.4) is 0 Å². The molecule has 0 unspecified atom stereocenters. The Bertz CT molecular complexity index is 772. The van der Waals surface area contributed by atoms with E-state index in [1.807, 2.05) is 12.1 Å². The van der Waals surface area contributed by atoms with Gasteiger partial charge in [-0.15, -0.1) is 18.6 Å². The average molecular weight is 423 g/mol. The van der Waals surface area contributed by atoms with Crippen molar-refractivity contribution in [3.05, 3.63) is 65.2 Å². The Morgan fingerprint density at radius 2 is 2.04 bits per heavy atom. The third kappa shape index (κ3) is 4.76. The second-order valence-electron chi connectivity index (χ2n) is 6.58. The first-order chi connectivity index (χ1) is 12.4. The molecule has 0 saturated carbocycles. The van der Waals surface area contributed by atoms with Gasteiger partial charge in [0.25, 0.3) is 0 Å². The molecule has 0 amide bonds. The van der Waals surface area contributed by atoms with Crippen LogP contribution in [0.5, 0.6) is 11.5 Å². The van der Waals surface area contributed by atoms with Gasteiger partial charge in [-0.1, -0.05) is 42.7 Å². The zero-order chi connectivity index (χ0) is 16.9. The number of hydrogen-bond donors (Lipinski definition) is 1. The fourth-order valence-corrected chi connectivity index (χ4v) is 3.47. The molecule has 0 saturated heterocycles. The van der Waals surface area contributed by atoms with Gasteiger partial charge in [0.15, 0.2) is 11.5 Å². The number of nitrogens with one attached hydrogen (secondary N) is 1. The zero-order valence-electron chi connectivity index (χ0n) is 15.1. The van der Waals surface area contributed by atoms with E-state index in [0.717, 1.165) is 50.5 Å². The number of allylic oxidation sites excluding steroid dienone is 2. The van der Waals surface area contributed by atoms with E-state index in [1.54, 1.807) is 0 Å². The van der Waals surface area contributed by atoms with E-state index in [0.29, 0.717) is 6.61 Å². The minimum Gasteiger partial charge on any atom is -0.489 e. The molecule has 1 radical (unpaired) electrons. The van der Waals surface area contributed by atoms with Gasteiger partial charge in [0.05, 0.1) is 6.61 Å². The van der Waals surface area contributed by atoms with Gasteiger partial charge in [-0.3, -0.25) is 6.08 Å². The predicted octanol–water partition coefficient (Wildman–Crippen LogP) is 4.16. The van der Waals surface area contributed by atoms with Crippen molar-refractivity contribution in [1.29, 1.82) is 0 Å². The monoisotopic (exact) mass is 423 g/mol. The van der Waals surface area contributed by atoms with Crippen LogP contribution in [-0.4, -0.2) is 19.8 Å². The summed E-state index contributed by atoms with van der Waals surface area (Å²) < 4.78 is 11.6. The first-order valence-corrected chi connectivity index (χ1v) is 9.17. The van der Waals surface area contributed by atoms with Gasteiger partial charge in [0, 0.05) is 57.8 Å². The summed E-state index contributed by atoms with van der Waals surface area (Å²) in [5.41, 5.74) is 5.26. The molecule has 2 aromatic carbocycles. The van der Waals surface area contributed by atoms with E-state index in [9.17, 15) is 0 Å². The predicted molar refractivity (Wildman–Crippen MR) is 99.8 cm³/mol. The van der Waals surface area contributed by atoms with Crippen molar-refractivity contribution in [1.82, 2.24) is 5.32 Å². The van der Waals surface area contributed by atoms with Crippen molar-refractivity contribution >= 4 is 5.57 Å². The molecule has 1 heterocycles. The summed E-state index contributed by atoms with van der Waals surface area (Å²) >= 11 is 0. The molecule has 26 heavy (non-hydrogen) atoms. The van der Waals surface area contributed by atoms with Crippen molar-refractivity contribution in [3.63, 3.8) is 0 Å². The molecule has 0 fully saturated rings. The van der Waals surface area contributed by atoms with E-state index >= 15 is 0 Å². The molecule has 1 aliphatic carbocycles. The van der Waals surface area contributed by atoms with Crippen molar-refractivity contribution < 1.29 is 42.2 Å². The summed E-state index contributed by atoms with van der Waals surface area (Å²) in [6.45, 7) is 3.06. The molecule has 0 spiro atoms. The molecular weight excluding hydrogens is 399 g/mol. The van der Waals surface area contributed by atoms with Crippen LogP contribution < -0.4 is 14.8 Å². The van der Waals surface area contributed by atoms with Gasteiger partial charge in [0.1, 0.15) is 6.61 Å². The third-order valence-electron chi connectivity index (χ3n) is 4.76. The molecule has 1 aliphatic heterocycles. The van der Waals surface area contributed by atoms with Crippen molar-refractivity contribution in [2.45, 2.75) is 32.2 Å². The molecule has 4 heteroatoms. The van der Waals surface area contributed by atoms with Crippen molar-refractivity contribution in [2.75, 3.05) is 19.8 Å². The topological polar surface area (TPSA) is 30.5 Å². The summed E-state index contributed by atoms with van der Waals surface area (Å²) in [5.74, 6) is 1.79. The molecule has 0 atom stereocenters. The summed E-state index contributed by atoms with van der Waals surface area (Å²) in [7, 11) is 0. The van der Waals surface area contributed by atoms with Crippen molar-refractivity contribution in [3.8, 4) is 11.5 Å². The van der Waals surface area contributed by atoms with Crippen LogP contribution in [0.4, 0.5) is 0 Å². The molecule has 2 aliphatic rings. The van der Waals surface area contributed by atoms with E-state index < -0.39 is 0 Å². The molecule has 133 valence electrons. The van der Waals surface area contributed by atoms with Crippen LogP contribution in [-0.2, 0) is 45.7 Å². The SMILES string of the molecule is [C-]1=C(c2cccc(CNCCOc3cccc4c3OCC4)c2)CCC1.[Y]. The van der Waals surface area contributed by atoms with Gasteiger partial charge in [-0.25, -0.2) is 5.57 Å². The Hall–Kier alpha value is -1.16. The summed E-state index contributed by atoms with van der Waals surface area (Å²) in [6.07, 6.45) is 7.96. The Balaban J connectivity index is 0.00000196. The maximum absolute atomic E-state index is 5.89. The molecule has 1 N–H and O–H groups in total. The molecule has 4 rings (SSSR count). The number of hydrogen-bond acceptors (Lipinski definition) is 3. The minimum absolute atomic E-state index is 0. The average Bonchev–Trinajstić information content (AvgIpc) is 3.33. The molecule has 3 nitrogen and oxygen atoms in total. The Kier molecular flexibility index (Phi) is 7.30. The van der Waals surface area contributed by atoms with E-state index in [2.05, 4.69) is 41.7 Å².